The van der Waals surface area contributed by atoms with E-state index < -0.39 is 34.3 Å². The molecule has 0 aromatic heterocycles. The molecule has 3 aromatic carbocycles. The van der Waals surface area contributed by atoms with Crippen molar-refractivity contribution in [2.75, 3.05) is 23.7 Å². The van der Waals surface area contributed by atoms with Crippen molar-refractivity contribution in [2.24, 2.45) is 0 Å². The van der Waals surface area contributed by atoms with Crippen LogP contribution < -0.4 is 9.62 Å². The first kappa shape index (κ1) is 31.6. The number of sulfonamides is 1. The molecule has 11 heteroatoms. The van der Waals surface area contributed by atoms with Gasteiger partial charge >= 0.3 is 0 Å². The van der Waals surface area contributed by atoms with E-state index in [1.165, 1.54) is 11.0 Å². The van der Waals surface area contributed by atoms with Gasteiger partial charge in [0.05, 0.1) is 17.0 Å². The van der Waals surface area contributed by atoms with Crippen LogP contribution in [0.1, 0.15) is 30.9 Å². The van der Waals surface area contributed by atoms with Gasteiger partial charge in [0.2, 0.25) is 21.8 Å². The van der Waals surface area contributed by atoms with Crippen molar-refractivity contribution in [3.05, 3.63) is 99.2 Å². The minimum atomic E-state index is -3.98. The largest absolute Gasteiger partial charge is 0.354 e. The first-order chi connectivity index (χ1) is 19.0. The van der Waals surface area contributed by atoms with E-state index in [1.54, 1.807) is 0 Å². The fourth-order valence-corrected chi connectivity index (χ4v) is 5.38. The monoisotopic (exact) mass is 651 g/mol. The lowest BCUT2D eigenvalue weighted by Crippen LogP contribution is -2.53. The Hall–Kier alpha value is -2.95. The molecule has 1 atom stereocenters. The number of halogens is 3. The average molecular weight is 653 g/mol. The predicted octanol–water partition coefficient (Wildman–Crippen LogP) is 5.56. The number of unbranched alkanes of at least 4 members (excludes halogenated alkanes) is 1. The maximum Gasteiger partial charge on any atom is 0.244 e. The number of nitrogens with one attached hydrogen (secondary N) is 1. The van der Waals surface area contributed by atoms with Gasteiger partial charge in [0.15, 0.2) is 0 Å². The lowest BCUT2D eigenvalue weighted by Gasteiger charge is -2.33. The molecule has 0 radical (unpaired) electrons. The Morgan fingerprint density at radius 1 is 1.02 bits per heavy atom. The number of hydrogen-bond acceptors (Lipinski definition) is 4. The van der Waals surface area contributed by atoms with Crippen molar-refractivity contribution in [3.8, 4) is 0 Å². The van der Waals surface area contributed by atoms with Crippen molar-refractivity contribution < 1.29 is 22.4 Å². The van der Waals surface area contributed by atoms with Gasteiger partial charge in [0, 0.05) is 24.0 Å². The number of anilines is 1. The van der Waals surface area contributed by atoms with Crippen LogP contribution in [0, 0.1) is 5.82 Å². The zero-order valence-corrected chi connectivity index (χ0v) is 25.5. The van der Waals surface area contributed by atoms with Crippen LogP contribution >= 0.6 is 27.5 Å². The van der Waals surface area contributed by atoms with Crippen molar-refractivity contribution in [1.29, 1.82) is 0 Å². The van der Waals surface area contributed by atoms with Crippen molar-refractivity contribution in [2.45, 2.75) is 38.8 Å². The number of nitrogens with zero attached hydrogens (tertiary/aromatic N) is 2. The highest BCUT2D eigenvalue weighted by Crippen LogP contribution is 2.25. The maximum absolute atomic E-state index is 14.0. The second kappa shape index (κ2) is 14.6. The van der Waals surface area contributed by atoms with E-state index in [1.807, 2.05) is 61.5 Å². The second-order valence-electron chi connectivity index (χ2n) is 9.37. The Bertz CT molecular complexity index is 1410. The third-order valence-electron chi connectivity index (χ3n) is 6.24. The van der Waals surface area contributed by atoms with Gasteiger partial charge in [-0.2, -0.15) is 0 Å². The first-order valence-corrected chi connectivity index (χ1v) is 15.8. The summed E-state index contributed by atoms with van der Waals surface area (Å²) in [6.45, 7) is 1.92. The number of benzene rings is 3. The molecular weight excluding hydrogens is 621 g/mol. The molecule has 1 N–H and O–H groups in total. The van der Waals surface area contributed by atoms with Crippen molar-refractivity contribution in [1.82, 2.24) is 10.2 Å². The average Bonchev–Trinajstić information content (AvgIpc) is 2.92. The molecule has 1 unspecified atom stereocenters. The maximum atomic E-state index is 14.0. The van der Waals surface area contributed by atoms with Crippen LogP contribution in [0.15, 0.2) is 77.3 Å². The molecule has 40 heavy (non-hydrogen) atoms. The molecule has 0 spiro atoms. The van der Waals surface area contributed by atoms with Crippen LogP contribution in [0.4, 0.5) is 10.1 Å². The molecule has 0 aliphatic carbocycles. The third-order valence-corrected chi connectivity index (χ3v) is 8.20. The van der Waals surface area contributed by atoms with Crippen LogP contribution in [0.3, 0.4) is 0 Å². The molecule has 0 aliphatic rings. The SMILES string of the molecule is CCCCNC(=O)C(Cc1ccccc1)N(Cc1ccc(Br)cc1)C(=O)CN(c1ccc(F)c(Cl)c1)S(C)(=O)=O. The lowest BCUT2D eigenvalue weighted by atomic mass is 10.0. The smallest absolute Gasteiger partial charge is 0.244 e. The van der Waals surface area contributed by atoms with Gasteiger partial charge in [-0.15, -0.1) is 0 Å². The Morgan fingerprint density at radius 3 is 2.30 bits per heavy atom. The van der Waals surface area contributed by atoms with Gasteiger partial charge in [-0.3, -0.25) is 13.9 Å². The summed E-state index contributed by atoms with van der Waals surface area (Å²) < 4.78 is 41.1. The second-order valence-corrected chi connectivity index (χ2v) is 12.6. The van der Waals surface area contributed by atoms with Crippen LogP contribution in [0.5, 0.6) is 0 Å². The van der Waals surface area contributed by atoms with Gasteiger partial charge in [-0.05, 0) is 47.9 Å². The quantitative estimate of drug-likeness (QED) is 0.245. The van der Waals surface area contributed by atoms with Crippen LogP contribution in [0.2, 0.25) is 5.02 Å². The summed E-state index contributed by atoms with van der Waals surface area (Å²) in [7, 11) is -3.98. The summed E-state index contributed by atoms with van der Waals surface area (Å²) in [4.78, 5) is 28.9. The van der Waals surface area contributed by atoms with E-state index in [4.69, 9.17) is 11.6 Å². The predicted molar refractivity (Wildman–Crippen MR) is 160 cm³/mol. The number of rotatable bonds is 13. The summed E-state index contributed by atoms with van der Waals surface area (Å²) in [6.07, 6.45) is 2.84. The van der Waals surface area contributed by atoms with E-state index in [0.29, 0.717) is 6.54 Å². The van der Waals surface area contributed by atoms with Crippen LogP contribution in [-0.2, 0) is 32.6 Å². The van der Waals surface area contributed by atoms with Gasteiger partial charge in [-0.1, -0.05) is 83.3 Å². The van der Waals surface area contributed by atoms with E-state index in [0.717, 1.165) is 51.1 Å². The Kier molecular flexibility index (Phi) is 11.5. The molecule has 3 aromatic rings. The van der Waals surface area contributed by atoms with Crippen LogP contribution in [-0.4, -0.2) is 50.5 Å². The number of carbonyl (C=O) groups excluding carboxylic acids is 2. The minimum absolute atomic E-state index is 0.0397. The van der Waals surface area contributed by atoms with Crippen molar-refractivity contribution in [3.63, 3.8) is 0 Å². The Labute approximate surface area is 248 Å². The number of hydrogen-bond donors (Lipinski definition) is 1. The first-order valence-electron chi connectivity index (χ1n) is 12.8. The standard InChI is InChI=1S/C29H32BrClFN3O4S/c1-3-4-16-33-29(37)27(17-21-8-6-5-7-9-21)34(19-22-10-12-23(30)13-11-22)28(36)20-35(40(2,38)39)24-14-15-26(32)25(31)18-24/h5-15,18,27H,3-4,16-17,19-20H2,1-2H3,(H,33,37). The summed E-state index contributed by atoms with van der Waals surface area (Å²) in [5, 5.41) is 2.66. The molecule has 0 bridgehead atoms. The molecule has 0 saturated heterocycles. The molecule has 7 nitrogen and oxygen atoms in total. The summed E-state index contributed by atoms with van der Waals surface area (Å²) in [6, 6.07) is 19.1. The van der Waals surface area contributed by atoms with Crippen LogP contribution in [0.25, 0.3) is 0 Å². The Morgan fingerprint density at radius 2 is 1.70 bits per heavy atom. The normalized spacial score (nSPS) is 12.0. The number of amides is 2. The molecule has 2 amide bonds. The molecule has 3 rings (SSSR count). The van der Waals surface area contributed by atoms with Crippen molar-refractivity contribution >= 4 is 55.1 Å². The van der Waals surface area contributed by atoms with E-state index >= 15 is 0 Å². The zero-order chi connectivity index (χ0) is 29.3. The molecule has 0 aliphatic heterocycles. The zero-order valence-electron chi connectivity index (χ0n) is 22.3. The fraction of sp³-hybridized carbons (Fsp3) is 0.310. The molecule has 214 valence electrons. The number of carbonyl (C=O) groups is 2. The van der Waals surface area contributed by atoms with Gasteiger partial charge in [0.25, 0.3) is 0 Å². The summed E-state index contributed by atoms with van der Waals surface area (Å²) >= 11 is 9.33. The molecule has 0 heterocycles. The fourth-order valence-electron chi connectivity index (χ4n) is 4.10. The topological polar surface area (TPSA) is 86.8 Å². The third kappa shape index (κ3) is 9.04. The lowest BCUT2D eigenvalue weighted by molar-refractivity contribution is -0.140. The summed E-state index contributed by atoms with van der Waals surface area (Å²) in [5.41, 5.74) is 1.64. The Balaban J connectivity index is 2.03. The van der Waals surface area contributed by atoms with E-state index in [9.17, 15) is 22.4 Å². The highest BCUT2D eigenvalue weighted by molar-refractivity contribution is 9.10. The highest BCUT2D eigenvalue weighted by atomic mass is 79.9. The highest BCUT2D eigenvalue weighted by Gasteiger charge is 2.33. The molecular formula is C29H32BrClFN3O4S. The van der Waals surface area contributed by atoms with Gasteiger partial charge in [0.1, 0.15) is 18.4 Å². The minimum Gasteiger partial charge on any atom is -0.354 e. The summed E-state index contributed by atoms with van der Waals surface area (Å²) in [5.74, 6) is -1.65. The van der Waals surface area contributed by atoms with E-state index in [-0.39, 0.29) is 29.6 Å². The molecule has 0 fully saturated rings. The van der Waals surface area contributed by atoms with E-state index in [2.05, 4.69) is 21.2 Å². The molecule has 0 saturated carbocycles. The van der Waals surface area contributed by atoms with Gasteiger partial charge < -0.3 is 10.2 Å². The van der Waals surface area contributed by atoms with Gasteiger partial charge in [-0.25, -0.2) is 12.8 Å².